The SMILES string of the molecule is CCCOc1ccccc1NCc1cccc(Cl)c1Cl. The van der Waals surface area contributed by atoms with Crippen LogP contribution >= 0.6 is 23.2 Å². The second-order valence-corrected chi connectivity index (χ2v) is 5.20. The molecule has 0 amide bonds. The zero-order valence-corrected chi connectivity index (χ0v) is 12.8. The van der Waals surface area contributed by atoms with Crippen molar-refractivity contribution in [2.24, 2.45) is 0 Å². The van der Waals surface area contributed by atoms with Crippen molar-refractivity contribution in [3.8, 4) is 5.75 Å². The molecule has 2 aromatic carbocycles. The number of anilines is 1. The molecule has 0 aliphatic carbocycles. The van der Waals surface area contributed by atoms with Crippen LogP contribution in [0.1, 0.15) is 18.9 Å². The fourth-order valence-electron chi connectivity index (χ4n) is 1.83. The number of halogens is 2. The standard InChI is InChI=1S/C16H17Cl2NO/c1-2-10-20-15-9-4-3-8-14(15)19-11-12-6-5-7-13(17)16(12)18/h3-9,19H,2,10-11H2,1H3. The van der Waals surface area contributed by atoms with E-state index >= 15 is 0 Å². The average molecular weight is 310 g/mol. The summed E-state index contributed by atoms with van der Waals surface area (Å²) < 4.78 is 5.71. The van der Waals surface area contributed by atoms with Crippen molar-refractivity contribution in [2.45, 2.75) is 19.9 Å². The van der Waals surface area contributed by atoms with Crippen LogP contribution in [0.2, 0.25) is 10.0 Å². The van der Waals surface area contributed by atoms with E-state index in [-0.39, 0.29) is 0 Å². The van der Waals surface area contributed by atoms with Gasteiger partial charge in [0.1, 0.15) is 5.75 Å². The largest absolute Gasteiger partial charge is 0.491 e. The lowest BCUT2D eigenvalue weighted by atomic mass is 10.2. The molecule has 0 saturated carbocycles. The lowest BCUT2D eigenvalue weighted by Crippen LogP contribution is -2.04. The van der Waals surface area contributed by atoms with E-state index in [0.717, 1.165) is 23.4 Å². The van der Waals surface area contributed by atoms with Crippen molar-refractivity contribution < 1.29 is 4.74 Å². The lowest BCUT2D eigenvalue weighted by molar-refractivity contribution is 0.319. The van der Waals surface area contributed by atoms with Gasteiger partial charge in [-0.1, -0.05) is 54.4 Å². The highest BCUT2D eigenvalue weighted by atomic mass is 35.5. The molecule has 0 radical (unpaired) electrons. The summed E-state index contributed by atoms with van der Waals surface area (Å²) in [5.41, 5.74) is 1.92. The van der Waals surface area contributed by atoms with Crippen LogP contribution in [0.4, 0.5) is 5.69 Å². The summed E-state index contributed by atoms with van der Waals surface area (Å²) in [5, 5.41) is 4.50. The van der Waals surface area contributed by atoms with Gasteiger partial charge in [0.15, 0.2) is 0 Å². The molecule has 0 atom stereocenters. The van der Waals surface area contributed by atoms with Crippen LogP contribution in [0.3, 0.4) is 0 Å². The summed E-state index contributed by atoms with van der Waals surface area (Å²) in [6.07, 6.45) is 0.981. The Bertz CT molecular complexity index is 572. The van der Waals surface area contributed by atoms with E-state index < -0.39 is 0 Å². The smallest absolute Gasteiger partial charge is 0.142 e. The Morgan fingerprint density at radius 1 is 1.05 bits per heavy atom. The Labute approximate surface area is 129 Å². The quantitative estimate of drug-likeness (QED) is 0.772. The highest BCUT2D eigenvalue weighted by molar-refractivity contribution is 6.42. The molecule has 0 aliphatic heterocycles. The molecule has 1 N–H and O–H groups in total. The van der Waals surface area contributed by atoms with Gasteiger partial charge in [-0.2, -0.15) is 0 Å². The second-order valence-electron chi connectivity index (χ2n) is 4.41. The summed E-state index contributed by atoms with van der Waals surface area (Å²) in [5.74, 6) is 0.854. The number of rotatable bonds is 6. The first-order chi connectivity index (χ1) is 9.72. The van der Waals surface area contributed by atoms with Crippen LogP contribution in [0.25, 0.3) is 0 Å². The summed E-state index contributed by atoms with van der Waals surface area (Å²) in [6, 6.07) is 13.5. The molecule has 20 heavy (non-hydrogen) atoms. The third kappa shape index (κ3) is 3.81. The number of ether oxygens (including phenoxy) is 1. The Morgan fingerprint density at radius 2 is 1.85 bits per heavy atom. The van der Waals surface area contributed by atoms with Crippen molar-refractivity contribution in [3.63, 3.8) is 0 Å². The molecule has 0 bridgehead atoms. The molecular weight excluding hydrogens is 293 g/mol. The zero-order valence-electron chi connectivity index (χ0n) is 11.3. The number of hydrogen-bond donors (Lipinski definition) is 1. The van der Waals surface area contributed by atoms with Gasteiger partial charge in [0.25, 0.3) is 0 Å². The first-order valence-electron chi connectivity index (χ1n) is 6.61. The zero-order chi connectivity index (χ0) is 14.4. The monoisotopic (exact) mass is 309 g/mol. The molecule has 2 nitrogen and oxygen atoms in total. The van der Waals surface area contributed by atoms with Gasteiger partial charge in [-0.25, -0.2) is 0 Å². The van der Waals surface area contributed by atoms with Crippen molar-refractivity contribution >= 4 is 28.9 Å². The van der Waals surface area contributed by atoms with Crippen LogP contribution in [0.5, 0.6) is 5.75 Å². The predicted octanol–water partition coefficient (Wildman–Crippen LogP) is 5.39. The Kier molecular flexibility index (Phi) is 5.57. The highest BCUT2D eigenvalue weighted by Crippen LogP contribution is 2.28. The minimum atomic E-state index is 0.571. The minimum Gasteiger partial charge on any atom is -0.491 e. The predicted molar refractivity (Wildman–Crippen MR) is 86.0 cm³/mol. The van der Waals surface area contributed by atoms with Gasteiger partial charge in [-0.3, -0.25) is 0 Å². The maximum atomic E-state index is 6.18. The number of benzene rings is 2. The number of nitrogens with one attached hydrogen (secondary N) is 1. The van der Waals surface area contributed by atoms with Crippen LogP contribution in [-0.2, 0) is 6.54 Å². The maximum Gasteiger partial charge on any atom is 0.142 e. The minimum absolute atomic E-state index is 0.571. The Hall–Kier alpha value is -1.38. The highest BCUT2D eigenvalue weighted by Gasteiger charge is 2.06. The fourth-order valence-corrected chi connectivity index (χ4v) is 2.21. The van der Waals surface area contributed by atoms with Gasteiger partial charge in [0, 0.05) is 6.54 Å². The van der Waals surface area contributed by atoms with E-state index in [1.165, 1.54) is 0 Å². The Balaban J connectivity index is 2.09. The van der Waals surface area contributed by atoms with E-state index in [0.29, 0.717) is 23.2 Å². The molecular formula is C16H17Cl2NO. The topological polar surface area (TPSA) is 21.3 Å². The van der Waals surface area contributed by atoms with Crippen molar-refractivity contribution in [2.75, 3.05) is 11.9 Å². The number of hydrogen-bond acceptors (Lipinski definition) is 2. The lowest BCUT2D eigenvalue weighted by Gasteiger charge is -2.13. The van der Waals surface area contributed by atoms with Gasteiger partial charge < -0.3 is 10.1 Å². The average Bonchev–Trinajstić information content (AvgIpc) is 2.47. The van der Waals surface area contributed by atoms with E-state index in [2.05, 4.69) is 12.2 Å². The van der Waals surface area contributed by atoms with Crippen LogP contribution in [-0.4, -0.2) is 6.61 Å². The fraction of sp³-hybridized carbons (Fsp3) is 0.250. The van der Waals surface area contributed by atoms with E-state index in [1.54, 1.807) is 6.07 Å². The van der Waals surface area contributed by atoms with Crippen LogP contribution in [0, 0.1) is 0 Å². The molecule has 0 heterocycles. The summed E-state index contributed by atoms with van der Waals surface area (Å²) in [4.78, 5) is 0. The summed E-state index contributed by atoms with van der Waals surface area (Å²) >= 11 is 12.2. The number of para-hydroxylation sites is 2. The molecule has 4 heteroatoms. The molecule has 2 rings (SSSR count). The molecule has 0 aliphatic rings. The molecule has 0 saturated heterocycles. The molecule has 2 aromatic rings. The first kappa shape index (κ1) is 15.0. The molecule has 0 spiro atoms. The van der Waals surface area contributed by atoms with Gasteiger partial charge in [-0.15, -0.1) is 0 Å². The van der Waals surface area contributed by atoms with E-state index in [1.807, 2.05) is 36.4 Å². The van der Waals surface area contributed by atoms with Crippen molar-refractivity contribution in [1.29, 1.82) is 0 Å². The van der Waals surface area contributed by atoms with Gasteiger partial charge in [-0.05, 0) is 30.2 Å². The van der Waals surface area contributed by atoms with E-state index in [9.17, 15) is 0 Å². The summed E-state index contributed by atoms with van der Waals surface area (Å²) in [7, 11) is 0. The maximum absolute atomic E-state index is 6.18. The van der Waals surface area contributed by atoms with E-state index in [4.69, 9.17) is 27.9 Å². The van der Waals surface area contributed by atoms with Gasteiger partial charge >= 0.3 is 0 Å². The Morgan fingerprint density at radius 3 is 2.65 bits per heavy atom. The van der Waals surface area contributed by atoms with Crippen molar-refractivity contribution in [1.82, 2.24) is 0 Å². The molecule has 106 valence electrons. The third-order valence-corrected chi connectivity index (χ3v) is 3.71. The van der Waals surface area contributed by atoms with Gasteiger partial charge in [0.05, 0.1) is 22.3 Å². The molecule has 0 fully saturated rings. The third-order valence-electron chi connectivity index (χ3n) is 2.85. The summed E-state index contributed by atoms with van der Waals surface area (Å²) in [6.45, 7) is 3.39. The second kappa shape index (κ2) is 7.41. The molecule has 0 unspecified atom stereocenters. The normalized spacial score (nSPS) is 10.3. The van der Waals surface area contributed by atoms with Crippen molar-refractivity contribution in [3.05, 3.63) is 58.1 Å². The molecule has 0 aromatic heterocycles. The van der Waals surface area contributed by atoms with Gasteiger partial charge in [0.2, 0.25) is 0 Å². The van der Waals surface area contributed by atoms with Crippen LogP contribution in [0.15, 0.2) is 42.5 Å². The van der Waals surface area contributed by atoms with Crippen LogP contribution < -0.4 is 10.1 Å². The first-order valence-corrected chi connectivity index (χ1v) is 7.36.